The largest absolute Gasteiger partial charge is 0.347 e. The van der Waals surface area contributed by atoms with E-state index in [9.17, 15) is 9.59 Å². The van der Waals surface area contributed by atoms with E-state index in [1.165, 1.54) is 21.6 Å². The van der Waals surface area contributed by atoms with Gasteiger partial charge in [0.05, 0.1) is 16.7 Å². The molecule has 0 atom stereocenters. The molecule has 1 amide bonds. The van der Waals surface area contributed by atoms with Gasteiger partial charge in [-0.1, -0.05) is 42.7 Å². The molecule has 3 aromatic rings. The van der Waals surface area contributed by atoms with Crippen molar-refractivity contribution in [2.75, 3.05) is 5.75 Å². The Morgan fingerprint density at radius 2 is 2.09 bits per heavy atom. The monoisotopic (exact) mass is 467 g/mol. The maximum atomic E-state index is 12.8. The number of benzene rings is 1. The first-order valence-electron chi connectivity index (χ1n) is 11.5. The maximum Gasteiger partial charge on any atom is 0.259 e. The fourth-order valence-corrected chi connectivity index (χ4v) is 7.27. The Balaban J connectivity index is 1.18. The first kappa shape index (κ1) is 21.7. The molecule has 2 aliphatic rings. The Labute approximate surface area is 196 Å². The minimum Gasteiger partial charge on any atom is -0.347 e. The number of hydrogen-bond acceptors (Lipinski definition) is 5. The number of aromatic nitrogens is 2. The SMILES string of the molecule is Cc1cccc(C2(NC(=O)CCSCc3nc4sc5c(c4c(=O)[nH]3)CCC5)CCCC2)c1. The van der Waals surface area contributed by atoms with Crippen LogP contribution < -0.4 is 10.9 Å². The Morgan fingerprint density at radius 3 is 2.91 bits per heavy atom. The van der Waals surface area contributed by atoms with Gasteiger partial charge in [0.2, 0.25) is 5.91 Å². The molecular formula is C25H29N3O2S2. The second-order valence-corrected chi connectivity index (χ2v) is 11.2. The van der Waals surface area contributed by atoms with Crippen molar-refractivity contribution in [1.82, 2.24) is 15.3 Å². The van der Waals surface area contributed by atoms with Crippen LogP contribution in [0.5, 0.6) is 0 Å². The molecule has 0 aliphatic heterocycles. The van der Waals surface area contributed by atoms with Gasteiger partial charge in [0.1, 0.15) is 10.7 Å². The van der Waals surface area contributed by atoms with E-state index in [4.69, 9.17) is 4.98 Å². The Bertz CT molecular complexity index is 1210. The van der Waals surface area contributed by atoms with Crippen LogP contribution in [0.4, 0.5) is 0 Å². The molecule has 168 valence electrons. The molecule has 0 radical (unpaired) electrons. The number of thioether (sulfide) groups is 1. The molecule has 0 bridgehead atoms. The number of nitrogens with zero attached hydrogens (tertiary/aromatic N) is 1. The fraction of sp³-hybridized carbons (Fsp3) is 0.480. The van der Waals surface area contributed by atoms with E-state index >= 15 is 0 Å². The van der Waals surface area contributed by atoms with Crippen molar-refractivity contribution >= 4 is 39.2 Å². The summed E-state index contributed by atoms with van der Waals surface area (Å²) in [7, 11) is 0. The summed E-state index contributed by atoms with van der Waals surface area (Å²) in [5, 5.41) is 4.17. The minimum absolute atomic E-state index is 0.0101. The Morgan fingerprint density at radius 1 is 1.25 bits per heavy atom. The fourth-order valence-electron chi connectivity index (χ4n) is 5.19. The molecule has 2 heterocycles. The standard InChI is InChI=1S/C25H29N3O2S2/c1-16-6-4-7-17(14-16)25(11-2-3-12-25)28-21(29)10-13-31-15-20-26-23(30)22-18-8-5-9-19(18)32-24(22)27-20/h4,6-7,14H,2-3,5,8-13,15H2,1H3,(H,28,29)(H,26,27,30). The predicted molar refractivity (Wildman–Crippen MR) is 133 cm³/mol. The van der Waals surface area contributed by atoms with Crippen LogP contribution in [0.1, 0.15) is 65.9 Å². The zero-order valence-electron chi connectivity index (χ0n) is 18.5. The molecule has 1 saturated carbocycles. The first-order chi connectivity index (χ1) is 15.5. The van der Waals surface area contributed by atoms with Crippen LogP contribution in [0.2, 0.25) is 0 Å². The zero-order chi connectivity index (χ0) is 22.1. The van der Waals surface area contributed by atoms with Gasteiger partial charge in [0, 0.05) is 17.1 Å². The summed E-state index contributed by atoms with van der Waals surface area (Å²) in [6.45, 7) is 2.10. The quantitative estimate of drug-likeness (QED) is 0.480. The molecule has 0 saturated heterocycles. The van der Waals surface area contributed by atoms with Crippen molar-refractivity contribution in [3.05, 3.63) is 62.0 Å². The van der Waals surface area contributed by atoms with Crippen LogP contribution >= 0.6 is 23.1 Å². The highest BCUT2D eigenvalue weighted by atomic mass is 32.2. The number of amides is 1. The smallest absolute Gasteiger partial charge is 0.259 e. The highest BCUT2D eigenvalue weighted by molar-refractivity contribution is 7.98. The van der Waals surface area contributed by atoms with Crippen molar-refractivity contribution in [2.45, 2.75) is 69.6 Å². The van der Waals surface area contributed by atoms with Crippen molar-refractivity contribution in [1.29, 1.82) is 0 Å². The van der Waals surface area contributed by atoms with Crippen molar-refractivity contribution in [2.24, 2.45) is 0 Å². The van der Waals surface area contributed by atoms with Gasteiger partial charge in [-0.25, -0.2) is 4.98 Å². The number of carbonyl (C=O) groups is 1. The number of aryl methyl sites for hydroxylation is 3. The van der Waals surface area contributed by atoms with E-state index in [0.717, 1.165) is 55.2 Å². The molecule has 32 heavy (non-hydrogen) atoms. The van der Waals surface area contributed by atoms with Gasteiger partial charge >= 0.3 is 0 Å². The van der Waals surface area contributed by atoms with Gasteiger partial charge in [-0.2, -0.15) is 11.8 Å². The van der Waals surface area contributed by atoms with Crippen LogP contribution in [0, 0.1) is 6.92 Å². The topological polar surface area (TPSA) is 74.8 Å². The van der Waals surface area contributed by atoms with Gasteiger partial charge in [0.25, 0.3) is 5.56 Å². The Kier molecular flexibility index (Phi) is 6.12. The molecule has 1 fully saturated rings. The van der Waals surface area contributed by atoms with Gasteiger partial charge in [-0.3, -0.25) is 9.59 Å². The van der Waals surface area contributed by atoms with Crippen LogP contribution in [0.15, 0.2) is 29.1 Å². The number of aromatic amines is 1. The van der Waals surface area contributed by atoms with Crippen LogP contribution in [-0.2, 0) is 28.9 Å². The summed E-state index contributed by atoms with van der Waals surface area (Å²) in [5.74, 6) is 2.13. The maximum absolute atomic E-state index is 12.8. The van der Waals surface area contributed by atoms with Crippen molar-refractivity contribution in [3.8, 4) is 0 Å². The molecule has 2 aliphatic carbocycles. The van der Waals surface area contributed by atoms with Crippen molar-refractivity contribution < 1.29 is 4.79 Å². The molecule has 2 N–H and O–H groups in total. The minimum atomic E-state index is -0.217. The number of rotatable bonds is 7. The molecule has 5 nitrogen and oxygen atoms in total. The zero-order valence-corrected chi connectivity index (χ0v) is 20.1. The number of hydrogen-bond donors (Lipinski definition) is 2. The van der Waals surface area contributed by atoms with Gasteiger partial charge < -0.3 is 10.3 Å². The number of carbonyl (C=O) groups excluding carboxylic acids is 1. The molecule has 0 spiro atoms. The lowest BCUT2D eigenvalue weighted by atomic mass is 9.87. The molecule has 0 unspecified atom stereocenters. The first-order valence-corrected chi connectivity index (χ1v) is 13.5. The summed E-state index contributed by atoms with van der Waals surface area (Å²) in [5.41, 5.74) is 3.45. The van der Waals surface area contributed by atoms with Gasteiger partial charge in [-0.05, 0) is 50.2 Å². The summed E-state index contributed by atoms with van der Waals surface area (Å²) in [4.78, 5) is 35.2. The lowest BCUT2D eigenvalue weighted by molar-refractivity contribution is -0.122. The third-order valence-electron chi connectivity index (χ3n) is 6.74. The number of thiophene rings is 1. The third-order valence-corrected chi connectivity index (χ3v) is 8.90. The average Bonchev–Trinajstić information content (AvgIpc) is 3.48. The van der Waals surface area contributed by atoms with Crippen molar-refractivity contribution in [3.63, 3.8) is 0 Å². The van der Waals surface area contributed by atoms with Crippen LogP contribution in [0.3, 0.4) is 0 Å². The Hall–Kier alpha value is -2.12. The predicted octanol–water partition coefficient (Wildman–Crippen LogP) is 4.99. The number of nitrogens with one attached hydrogen (secondary N) is 2. The lowest BCUT2D eigenvalue weighted by Crippen LogP contribution is -2.44. The van der Waals surface area contributed by atoms with Crippen LogP contribution in [0.25, 0.3) is 10.2 Å². The molecule has 2 aromatic heterocycles. The van der Waals surface area contributed by atoms with Gasteiger partial charge in [-0.15, -0.1) is 11.3 Å². The molecule has 5 rings (SSSR count). The van der Waals surface area contributed by atoms with E-state index in [1.54, 1.807) is 23.1 Å². The van der Waals surface area contributed by atoms with E-state index in [-0.39, 0.29) is 17.0 Å². The average molecular weight is 468 g/mol. The third kappa shape index (κ3) is 4.25. The lowest BCUT2D eigenvalue weighted by Gasteiger charge is -2.31. The van der Waals surface area contributed by atoms with E-state index in [0.29, 0.717) is 23.8 Å². The highest BCUT2D eigenvalue weighted by Crippen LogP contribution is 2.39. The summed E-state index contributed by atoms with van der Waals surface area (Å²) in [6, 6.07) is 8.54. The summed E-state index contributed by atoms with van der Waals surface area (Å²) < 4.78 is 0. The second kappa shape index (κ2) is 9.02. The highest BCUT2D eigenvalue weighted by Gasteiger charge is 2.36. The molecular weight excluding hydrogens is 438 g/mol. The normalized spacial score (nSPS) is 17.0. The summed E-state index contributed by atoms with van der Waals surface area (Å²) >= 11 is 3.32. The van der Waals surface area contributed by atoms with E-state index in [1.807, 2.05) is 0 Å². The van der Waals surface area contributed by atoms with E-state index in [2.05, 4.69) is 41.5 Å². The number of fused-ring (bicyclic) bond motifs is 3. The number of H-pyrrole nitrogens is 1. The van der Waals surface area contributed by atoms with Gasteiger partial charge in [0.15, 0.2) is 0 Å². The van der Waals surface area contributed by atoms with E-state index < -0.39 is 0 Å². The van der Waals surface area contributed by atoms with Crippen LogP contribution in [-0.4, -0.2) is 21.6 Å². The second-order valence-electron chi connectivity index (χ2n) is 9.06. The summed E-state index contributed by atoms with van der Waals surface area (Å²) in [6.07, 6.45) is 7.98. The molecule has 1 aromatic carbocycles. The molecule has 7 heteroatoms.